The van der Waals surface area contributed by atoms with Crippen LogP contribution in [0.3, 0.4) is 0 Å². The fraction of sp³-hybridized carbons (Fsp3) is 0.600. The maximum atomic E-state index is 11.2. The lowest BCUT2D eigenvalue weighted by molar-refractivity contribution is -0.386. The highest BCUT2D eigenvalue weighted by molar-refractivity contribution is 5.57. The fourth-order valence-electron chi connectivity index (χ4n) is 3.01. The molecule has 2 fully saturated rings. The lowest BCUT2D eigenvalue weighted by atomic mass is 10.0. The normalized spacial score (nSPS) is 19.6. The van der Waals surface area contributed by atoms with Gasteiger partial charge in [0.15, 0.2) is 0 Å². The van der Waals surface area contributed by atoms with Gasteiger partial charge in [0.2, 0.25) is 5.75 Å². The molecule has 19 heavy (non-hydrogen) atoms. The summed E-state index contributed by atoms with van der Waals surface area (Å²) < 4.78 is 6.04. The molecule has 0 spiro atoms. The number of hydrogen-bond acceptors (Lipinski definition) is 3. The molecule has 0 unspecified atom stereocenters. The monoisotopic (exact) mass is 261 g/mol. The SMILES string of the molecule is Cc1ccc([N+](=O)[O-])c(OC2CCCC2)c1C1CC1. The Labute approximate surface area is 112 Å². The molecule has 4 nitrogen and oxygen atoms in total. The Morgan fingerprint density at radius 2 is 1.89 bits per heavy atom. The van der Waals surface area contributed by atoms with Gasteiger partial charge >= 0.3 is 5.69 Å². The van der Waals surface area contributed by atoms with Gasteiger partial charge in [-0.3, -0.25) is 10.1 Å². The van der Waals surface area contributed by atoms with E-state index in [0.29, 0.717) is 11.7 Å². The lowest BCUT2D eigenvalue weighted by Crippen LogP contribution is -2.14. The van der Waals surface area contributed by atoms with Gasteiger partial charge in [-0.1, -0.05) is 6.07 Å². The van der Waals surface area contributed by atoms with E-state index in [9.17, 15) is 10.1 Å². The number of aryl methyl sites for hydroxylation is 1. The summed E-state index contributed by atoms with van der Waals surface area (Å²) in [6.45, 7) is 2.03. The molecule has 0 N–H and O–H groups in total. The molecule has 2 saturated carbocycles. The van der Waals surface area contributed by atoms with E-state index in [1.165, 1.54) is 12.8 Å². The predicted octanol–water partition coefficient (Wildman–Crippen LogP) is 4.10. The molecule has 0 aliphatic heterocycles. The van der Waals surface area contributed by atoms with Gasteiger partial charge in [0, 0.05) is 11.6 Å². The number of ether oxygens (including phenoxy) is 1. The van der Waals surface area contributed by atoms with Crippen molar-refractivity contribution in [1.82, 2.24) is 0 Å². The molecular weight excluding hydrogens is 242 g/mol. The van der Waals surface area contributed by atoms with Crippen LogP contribution >= 0.6 is 0 Å². The minimum absolute atomic E-state index is 0.138. The van der Waals surface area contributed by atoms with Crippen LogP contribution in [0.1, 0.15) is 55.6 Å². The number of nitro groups is 1. The van der Waals surface area contributed by atoms with Crippen molar-refractivity contribution >= 4 is 5.69 Å². The maximum absolute atomic E-state index is 11.2. The Balaban J connectivity index is 2.00. The van der Waals surface area contributed by atoms with Gasteiger partial charge in [-0.25, -0.2) is 0 Å². The Bertz CT molecular complexity index is 502. The van der Waals surface area contributed by atoms with E-state index in [1.54, 1.807) is 6.07 Å². The molecule has 0 aromatic heterocycles. The molecule has 2 aliphatic rings. The predicted molar refractivity (Wildman–Crippen MR) is 72.7 cm³/mol. The Morgan fingerprint density at radius 3 is 2.47 bits per heavy atom. The summed E-state index contributed by atoms with van der Waals surface area (Å²) >= 11 is 0. The summed E-state index contributed by atoms with van der Waals surface area (Å²) in [5, 5.41) is 11.2. The number of hydrogen-bond donors (Lipinski definition) is 0. The molecule has 2 aliphatic carbocycles. The molecule has 1 aromatic rings. The van der Waals surface area contributed by atoms with Crippen molar-refractivity contribution < 1.29 is 9.66 Å². The summed E-state index contributed by atoms with van der Waals surface area (Å²) in [4.78, 5) is 10.9. The smallest absolute Gasteiger partial charge is 0.311 e. The van der Waals surface area contributed by atoms with Crippen molar-refractivity contribution in [2.45, 2.75) is 57.5 Å². The second-order valence-electron chi connectivity index (χ2n) is 5.70. The number of benzene rings is 1. The highest BCUT2D eigenvalue weighted by Gasteiger charge is 2.34. The van der Waals surface area contributed by atoms with E-state index in [1.807, 2.05) is 13.0 Å². The molecule has 0 bridgehead atoms. The van der Waals surface area contributed by atoms with Crippen molar-refractivity contribution in [2.24, 2.45) is 0 Å². The average Bonchev–Trinajstić information content (AvgIpc) is 3.06. The van der Waals surface area contributed by atoms with Gasteiger partial charge in [0.1, 0.15) is 0 Å². The fourth-order valence-corrected chi connectivity index (χ4v) is 3.01. The second-order valence-corrected chi connectivity index (χ2v) is 5.70. The quantitative estimate of drug-likeness (QED) is 0.605. The van der Waals surface area contributed by atoms with Crippen molar-refractivity contribution in [3.8, 4) is 5.75 Å². The molecule has 0 saturated heterocycles. The minimum Gasteiger partial charge on any atom is -0.483 e. The van der Waals surface area contributed by atoms with E-state index in [-0.39, 0.29) is 16.7 Å². The number of rotatable bonds is 4. The molecule has 0 heterocycles. The first-order valence-corrected chi connectivity index (χ1v) is 7.11. The van der Waals surface area contributed by atoms with Crippen LogP contribution in [0, 0.1) is 17.0 Å². The van der Waals surface area contributed by atoms with E-state index in [2.05, 4.69) is 0 Å². The third-order valence-electron chi connectivity index (χ3n) is 4.16. The maximum Gasteiger partial charge on any atom is 0.311 e. The Kier molecular flexibility index (Phi) is 3.17. The molecule has 3 rings (SSSR count). The standard InChI is InChI=1S/C15H19NO3/c1-10-6-9-13(16(17)18)15(14(10)11-7-8-11)19-12-4-2-3-5-12/h6,9,11-12H,2-5,7-8H2,1H3. The first-order chi connectivity index (χ1) is 9.16. The van der Waals surface area contributed by atoms with Crippen LogP contribution in [0.4, 0.5) is 5.69 Å². The van der Waals surface area contributed by atoms with Gasteiger partial charge in [-0.15, -0.1) is 0 Å². The van der Waals surface area contributed by atoms with Gasteiger partial charge in [0.25, 0.3) is 0 Å². The largest absolute Gasteiger partial charge is 0.483 e. The van der Waals surface area contributed by atoms with E-state index < -0.39 is 0 Å². The van der Waals surface area contributed by atoms with Crippen LogP contribution in [0.2, 0.25) is 0 Å². The van der Waals surface area contributed by atoms with E-state index >= 15 is 0 Å². The summed E-state index contributed by atoms with van der Waals surface area (Å²) in [7, 11) is 0. The molecule has 1 aromatic carbocycles. The lowest BCUT2D eigenvalue weighted by Gasteiger charge is -2.18. The van der Waals surface area contributed by atoms with Crippen molar-refractivity contribution in [3.05, 3.63) is 33.4 Å². The molecule has 0 amide bonds. The van der Waals surface area contributed by atoms with Gasteiger partial charge < -0.3 is 4.74 Å². The van der Waals surface area contributed by atoms with Gasteiger partial charge in [0.05, 0.1) is 11.0 Å². The average molecular weight is 261 g/mol. The van der Waals surface area contributed by atoms with E-state index in [4.69, 9.17) is 4.74 Å². The van der Waals surface area contributed by atoms with Gasteiger partial charge in [-0.2, -0.15) is 0 Å². The van der Waals surface area contributed by atoms with Crippen LogP contribution in [0.15, 0.2) is 12.1 Å². The molecule has 0 radical (unpaired) electrons. The number of nitrogens with zero attached hydrogens (tertiary/aromatic N) is 1. The molecule has 0 atom stereocenters. The zero-order chi connectivity index (χ0) is 13.4. The van der Waals surface area contributed by atoms with E-state index in [0.717, 1.165) is 36.8 Å². The van der Waals surface area contributed by atoms with Gasteiger partial charge in [-0.05, 0) is 56.9 Å². The van der Waals surface area contributed by atoms with Crippen LogP contribution in [-0.2, 0) is 0 Å². The summed E-state index contributed by atoms with van der Waals surface area (Å²) in [6.07, 6.45) is 6.81. The van der Waals surface area contributed by atoms with Crippen LogP contribution in [-0.4, -0.2) is 11.0 Å². The number of nitro benzene ring substituents is 1. The third kappa shape index (κ3) is 2.44. The second kappa shape index (κ2) is 4.83. The topological polar surface area (TPSA) is 52.4 Å². The highest BCUT2D eigenvalue weighted by atomic mass is 16.6. The summed E-state index contributed by atoms with van der Waals surface area (Å²) in [5.74, 6) is 1.02. The van der Waals surface area contributed by atoms with Crippen LogP contribution in [0.25, 0.3) is 0 Å². The van der Waals surface area contributed by atoms with Crippen LogP contribution < -0.4 is 4.74 Å². The van der Waals surface area contributed by atoms with Crippen molar-refractivity contribution in [1.29, 1.82) is 0 Å². The van der Waals surface area contributed by atoms with Crippen molar-refractivity contribution in [3.63, 3.8) is 0 Å². The van der Waals surface area contributed by atoms with Crippen molar-refractivity contribution in [2.75, 3.05) is 0 Å². The Hall–Kier alpha value is -1.58. The summed E-state index contributed by atoms with van der Waals surface area (Å²) in [6, 6.07) is 3.44. The molecule has 102 valence electrons. The van der Waals surface area contributed by atoms with Crippen LogP contribution in [0.5, 0.6) is 5.75 Å². The first-order valence-electron chi connectivity index (χ1n) is 7.11. The molecular formula is C15H19NO3. The Morgan fingerprint density at radius 1 is 1.21 bits per heavy atom. The first kappa shape index (κ1) is 12.5. The third-order valence-corrected chi connectivity index (χ3v) is 4.16. The molecule has 4 heteroatoms. The summed E-state index contributed by atoms with van der Waals surface area (Å²) in [5.41, 5.74) is 2.35. The zero-order valence-corrected chi connectivity index (χ0v) is 11.2. The zero-order valence-electron chi connectivity index (χ0n) is 11.2. The highest BCUT2D eigenvalue weighted by Crippen LogP contribution is 2.49. The minimum atomic E-state index is -0.310.